The highest BCUT2D eigenvalue weighted by molar-refractivity contribution is 5.58. The van der Waals surface area contributed by atoms with Gasteiger partial charge in [-0.15, -0.1) is 0 Å². The number of aryl methyl sites for hydroxylation is 1. The van der Waals surface area contributed by atoms with Crippen LogP contribution >= 0.6 is 0 Å². The maximum absolute atomic E-state index is 9.87. The van der Waals surface area contributed by atoms with Gasteiger partial charge in [0.05, 0.1) is 12.1 Å². The Morgan fingerprint density at radius 1 is 1.26 bits per heavy atom. The first-order chi connectivity index (χ1) is 11.2. The van der Waals surface area contributed by atoms with Gasteiger partial charge in [-0.3, -0.25) is 4.98 Å². The van der Waals surface area contributed by atoms with E-state index in [9.17, 15) is 5.11 Å². The molecule has 0 saturated heterocycles. The third-order valence-electron chi connectivity index (χ3n) is 5.04. The second-order valence-electron chi connectivity index (χ2n) is 6.86. The zero-order valence-electron chi connectivity index (χ0n) is 13.4. The molecular formula is C18H22N4O. The van der Waals surface area contributed by atoms with E-state index in [4.69, 9.17) is 9.97 Å². The van der Waals surface area contributed by atoms with Gasteiger partial charge in [-0.25, -0.2) is 9.97 Å². The van der Waals surface area contributed by atoms with Gasteiger partial charge in [-0.05, 0) is 57.1 Å². The Kier molecular flexibility index (Phi) is 3.53. The topological polar surface area (TPSA) is 70.9 Å². The van der Waals surface area contributed by atoms with Crippen LogP contribution < -0.4 is 5.32 Å². The van der Waals surface area contributed by atoms with Crippen molar-refractivity contribution in [3.8, 4) is 11.5 Å². The molecule has 120 valence electrons. The van der Waals surface area contributed by atoms with Crippen molar-refractivity contribution < 1.29 is 5.11 Å². The molecule has 1 atom stereocenters. The summed E-state index contributed by atoms with van der Waals surface area (Å²) in [7, 11) is 0. The summed E-state index contributed by atoms with van der Waals surface area (Å²) >= 11 is 0. The molecular weight excluding hydrogens is 288 g/mol. The summed E-state index contributed by atoms with van der Waals surface area (Å²) in [5, 5.41) is 13.4. The van der Waals surface area contributed by atoms with Crippen LogP contribution in [-0.2, 0) is 12.8 Å². The Labute approximate surface area is 136 Å². The molecule has 4 rings (SSSR count). The van der Waals surface area contributed by atoms with E-state index < -0.39 is 0 Å². The maximum Gasteiger partial charge on any atom is 0.180 e. The van der Waals surface area contributed by atoms with E-state index >= 15 is 0 Å². The Morgan fingerprint density at radius 3 is 2.83 bits per heavy atom. The summed E-state index contributed by atoms with van der Waals surface area (Å²) in [4.78, 5) is 13.9. The van der Waals surface area contributed by atoms with Crippen LogP contribution in [0.3, 0.4) is 0 Å². The molecule has 5 heteroatoms. The minimum atomic E-state index is -0.300. The SMILES string of the molecule is CC(CO)(Nc1nc(-c2ccccn2)nc2c1CCC2)C1CC1. The van der Waals surface area contributed by atoms with Gasteiger partial charge in [-0.1, -0.05) is 6.07 Å². The van der Waals surface area contributed by atoms with Crippen LogP contribution in [-0.4, -0.2) is 32.2 Å². The quantitative estimate of drug-likeness (QED) is 0.888. The second-order valence-corrected chi connectivity index (χ2v) is 6.86. The molecule has 2 aromatic rings. The fourth-order valence-corrected chi connectivity index (χ4v) is 3.41. The zero-order valence-corrected chi connectivity index (χ0v) is 13.4. The van der Waals surface area contributed by atoms with Crippen molar-refractivity contribution in [2.24, 2.45) is 5.92 Å². The van der Waals surface area contributed by atoms with Gasteiger partial charge >= 0.3 is 0 Å². The van der Waals surface area contributed by atoms with Crippen molar-refractivity contribution in [2.75, 3.05) is 11.9 Å². The van der Waals surface area contributed by atoms with Crippen LogP contribution in [0.25, 0.3) is 11.5 Å². The van der Waals surface area contributed by atoms with Gasteiger partial charge in [0.25, 0.3) is 0 Å². The molecule has 2 heterocycles. The predicted octanol–water partition coefficient (Wildman–Crippen LogP) is 2.60. The van der Waals surface area contributed by atoms with E-state index in [1.807, 2.05) is 18.2 Å². The summed E-state index contributed by atoms with van der Waals surface area (Å²) in [5.74, 6) is 2.08. The van der Waals surface area contributed by atoms with Gasteiger partial charge in [0.1, 0.15) is 11.5 Å². The van der Waals surface area contributed by atoms with Crippen molar-refractivity contribution in [3.63, 3.8) is 0 Å². The Hall–Kier alpha value is -2.01. The van der Waals surface area contributed by atoms with Gasteiger partial charge in [-0.2, -0.15) is 0 Å². The summed E-state index contributed by atoms with van der Waals surface area (Å²) in [6, 6.07) is 5.78. The van der Waals surface area contributed by atoms with E-state index in [1.54, 1.807) is 6.20 Å². The molecule has 5 nitrogen and oxygen atoms in total. The Bertz CT molecular complexity index is 714. The normalized spacial score (nSPS) is 19.2. The standard InChI is InChI=1S/C18H22N4O/c1-18(11-23,12-8-9-12)22-16-13-5-4-7-14(13)20-17(21-16)15-6-2-3-10-19-15/h2-3,6,10,12,23H,4-5,7-9,11H2,1H3,(H,20,21,22). The highest BCUT2D eigenvalue weighted by atomic mass is 16.3. The van der Waals surface area contributed by atoms with Gasteiger partial charge in [0.2, 0.25) is 0 Å². The molecule has 0 spiro atoms. The van der Waals surface area contributed by atoms with Crippen molar-refractivity contribution >= 4 is 5.82 Å². The highest BCUT2D eigenvalue weighted by Crippen LogP contribution is 2.42. The molecule has 2 aliphatic rings. The van der Waals surface area contributed by atoms with Crippen LogP contribution in [0.2, 0.25) is 0 Å². The molecule has 2 aromatic heterocycles. The van der Waals surface area contributed by atoms with Gasteiger partial charge in [0.15, 0.2) is 5.82 Å². The third-order valence-corrected chi connectivity index (χ3v) is 5.04. The largest absolute Gasteiger partial charge is 0.394 e. The molecule has 23 heavy (non-hydrogen) atoms. The Balaban J connectivity index is 1.75. The lowest BCUT2D eigenvalue weighted by molar-refractivity contribution is 0.205. The fraction of sp³-hybridized carbons (Fsp3) is 0.500. The highest BCUT2D eigenvalue weighted by Gasteiger charge is 2.42. The molecule has 0 radical (unpaired) electrons. The Morgan fingerprint density at radius 2 is 2.13 bits per heavy atom. The number of pyridine rings is 1. The molecule has 1 fully saturated rings. The van der Waals surface area contributed by atoms with Crippen molar-refractivity contribution in [3.05, 3.63) is 35.7 Å². The number of hydrogen-bond acceptors (Lipinski definition) is 5. The first-order valence-corrected chi connectivity index (χ1v) is 8.40. The summed E-state index contributed by atoms with van der Waals surface area (Å²) in [5.41, 5.74) is 2.83. The molecule has 0 bridgehead atoms. The summed E-state index contributed by atoms with van der Waals surface area (Å²) < 4.78 is 0. The van der Waals surface area contributed by atoms with Crippen LogP contribution in [0.1, 0.15) is 37.4 Å². The second kappa shape index (κ2) is 5.57. The van der Waals surface area contributed by atoms with Crippen LogP contribution in [0, 0.1) is 5.92 Å². The molecule has 0 aromatic carbocycles. The van der Waals surface area contributed by atoms with E-state index in [-0.39, 0.29) is 12.1 Å². The molecule has 2 N–H and O–H groups in total. The van der Waals surface area contributed by atoms with Crippen LogP contribution in [0.5, 0.6) is 0 Å². The number of fused-ring (bicyclic) bond motifs is 1. The number of aliphatic hydroxyl groups excluding tert-OH is 1. The molecule has 2 aliphatic carbocycles. The van der Waals surface area contributed by atoms with Gasteiger partial charge in [0, 0.05) is 17.5 Å². The van der Waals surface area contributed by atoms with E-state index in [1.165, 1.54) is 18.4 Å². The number of hydrogen-bond donors (Lipinski definition) is 2. The van der Waals surface area contributed by atoms with E-state index in [0.717, 1.165) is 36.5 Å². The third kappa shape index (κ3) is 2.70. The van der Waals surface area contributed by atoms with Gasteiger partial charge < -0.3 is 10.4 Å². The number of aromatic nitrogens is 3. The molecule has 1 unspecified atom stereocenters. The van der Waals surface area contributed by atoms with Crippen molar-refractivity contribution in [2.45, 2.75) is 44.6 Å². The average molecular weight is 310 g/mol. The fourth-order valence-electron chi connectivity index (χ4n) is 3.41. The first kappa shape index (κ1) is 14.6. The van der Waals surface area contributed by atoms with Crippen molar-refractivity contribution in [1.82, 2.24) is 15.0 Å². The summed E-state index contributed by atoms with van der Waals surface area (Å²) in [6.07, 6.45) is 7.22. The lowest BCUT2D eigenvalue weighted by Crippen LogP contribution is -2.41. The average Bonchev–Trinajstić information content (AvgIpc) is 3.34. The van der Waals surface area contributed by atoms with Crippen LogP contribution in [0.15, 0.2) is 24.4 Å². The molecule has 0 aliphatic heterocycles. The minimum absolute atomic E-state index is 0.120. The molecule has 0 amide bonds. The molecule has 1 saturated carbocycles. The zero-order chi connectivity index (χ0) is 15.9. The number of nitrogens with one attached hydrogen (secondary N) is 1. The minimum Gasteiger partial charge on any atom is -0.394 e. The number of nitrogens with zero attached hydrogens (tertiary/aromatic N) is 3. The lowest BCUT2D eigenvalue weighted by Gasteiger charge is -2.30. The number of anilines is 1. The van der Waals surface area contributed by atoms with E-state index in [2.05, 4.69) is 17.2 Å². The van der Waals surface area contributed by atoms with E-state index in [0.29, 0.717) is 11.7 Å². The summed E-state index contributed by atoms with van der Waals surface area (Å²) in [6.45, 7) is 2.21. The monoisotopic (exact) mass is 310 g/mol. The first-order valence-electron chi connectivity index (χ1n) is 8.40. The number of rotatable bonds is 5. The smallest absolute Gasteiger partial charge is 0.180 e. The maximum atomic E-state index is 9.87. The predicted molar refractivity (Wildman–Crippen MR) is 89.1 cm³/mol. The number of aliphatic hydroxyl groups is 1. The lowest BCUT2D eigenvalue weighted by atomic mass is 9.96. The van der Waals surface area contributed by atoms with Crippen LogP contribution in [0.4, 0.5) is 5.82 Å². The van der Waals surface area contributed by atoms with Crippen molar-refractivity contribution in [1.29, 1.82) is 0 Å².